The van der Waals surface area contributed by atoms with E-state index in [2.05, 4.69) is 26.8 Å². The summed E-state index contributed by atoms with van der Waals surface area (Å²) in [5.74, 6) is 1.25. The average molecular weight is 387 g/mol. The molecule has 0 aromatic heterocycles. The Morgan fingerprint density at radius 2 is 2.11 bits per heavy atom. The minimum Gasteiger partial charge on any atom is -0.461 e. The highest BCUT2D eigenvalue weighted by molar-refractivity contribution is 6.01. The summed E-state index contributed by atoms with van der Waals surface area (Å²) in [4.78, 5) is 24.1. The molecule has 0 bridgehead atoms. The van der Waals surface area contributed by atoms with Crippen LogP contribution in [0.2, 0.25) is 0 Å². The molecule has 0 spiro atoms. The molecule has 0 aromatic carbocycles. The second kappa shape index (κ2) is 6.83. The predicted octanol–water partition coefficient (Wildman–Crippen LogP) is 4.22. The molecule has 0 aliphatic heterocycles. The number of esters is 1. The molecule has 0 aromatic rings. The third-order valence-electron chi connectivity index (χ3n) is 8.68. The minimum absolute atomic E-state index is 0.0696. The molecule has 0 heterocycles. The van der Waals surface area contributed by atoms with Crippen LogP contribution in [0.3, 0.4) is 0 Å². The normalized spacial score (nSPS) is 47.0. The van der Waals surface area contributed by atoms with Crippen LogP contribution in [0.5, 0.6) is 0 Å². The van der Waals surface area contributed by atoms with Gasteiger partial charge in [-0.3, -0.25) is 9.59 Å². The summed E-state index contributed by atoms with van der Waals surface area (Å²) in [5, 5.41) is 11.4. The number of aliphatic hydroxyl groups is 1. The summed E-state index contributed by atoms with van der Waals surface area (Å²) in [5.41, 5.74) is 0.818. The van der Waals surface area contributed by atoms with E-state index in [1.165, 1.54) is 5.57 Å². The lowest BCUT2D eigenvalue weighted by molar-refractivity contribution is -0.174. The van der Waals surface area contributed by atoms with Crippen molar-refractivity contribution in [3.8, 4) is 0 Å². The summed E-state index contributed by atoms with van der Waals surface area (Å²) in [6.45, 7) is 8.45. The van der Waals surface area contributed by atoms with E-state index in [1.807, 2.05) is 6.92 Å². The third-order valence-corrected chi connectivity index (χ3v) is 8.68. The van der Waals surface area contributed by atoms with E-state index in [1.54, 1.807) is 12.2 Å². The molecule has 3 fully saturated rings. The lowest BCUT2D eigenvalue weighted by Gasteiger charge is -2.59. The number of carbonyl (C=O) groups excluding carboxylic acids is 2. The highest BCUT2D eigenvalue weighted by Crippen LogP contribution is 2.67. The van der Waals surface area contributed by atoms with Gasteiger partial charge in [-0.25, -0.2) is 0 Å². The SMILES string of the molecule is CCC(=O)O[C@@H]1[C@H](C)C[C@H]2[C@@H]3CCC4=CC(=O)C=C[C@]4(C)[C@H]3[C@@H](O)C[C@]12CC. The van der Waals surface area contributed by atoms with Crippen molar-refractivity contribution in [2.45, 2.75) is 78.4 Å². The van der Waals surface area contributed by atoms with Gasteiger partial charge in [0.25, 0.3) is 0 Å². The minimum atomic E-state index is -0.444. The summed E-state index contributed by atoms with van der Waals surface area (Å²) in [7, 11) is 0. The van der Waals surface area contributed by atoms with Crippen LogP contribution in [0, 0.1) is 34.5 Å². The van der Waals surface area contributed by atoms with Gasteiger partial charge < -0.3 is 9.84 Å². The van der Waals surface area contributed by atoms with Crippen molar-refractivity contribution in [1.29, 1.82) is 0 Å². The maximum atomic E-state index is 12.1. The molecule has 4 aliphatic rings. The van der Waals surface area contributed by atoms with Gasteiger partial charge >= 0.3 is 5.97 Å². The number of fused-ring (bicyclic) bond motifs is 5. The fourth-order valence-electron chi connectivity index (χ4n) is 7.47. The maximum absolute atomic E-state index is 12.1. The van der Waals surface area contributed by atoms with Gasteiger partial charge in [0.2, 0.25) is 0 Å². The zero-order valence-corrected chi connectivity index (χ0v) is 17.6. The number of allylic oxidation sites excluding steroid dienone is 4. The van der Waals surface area contributed by atoms with Crippen LogP contribution in [-0.4, -0.2) is 29.1 Å². The van der Waals surface area contributed by atoms with Crippen LogP contribution < -0.4 is 0 Å². The molecule has 0 radical (unpaired) electrons. The number of hydrogen-bond donors (Lipinski definition) is 1. The Hall–Kier alpha value is -1.42. The fourth-order valence-corrected chi connectivity index (χ4v) is 7.47. The second-order valence-corrected chi connectivity index (χ2v) is 9.86. The van der Waals surface area contributed by atoms with Crippen molar-refractivity contribution in [1.82, 2.24) is 0 Å². The van der Waals surface area contributed by atoms with Crippen molar-refractivity contribution < 1.29 is 19.4 Å². The molecule has 154 valence electrons. The topological polar surface area (TPSA) is 63.6 Å². The standard InChI is InChI=1S/C24H34O4/c1-5-20(27)28-22-14(3)11-18-17-8-7-15-12-16(25)9-10-23(15,4)21(17)19(26)13-24(18,22)6-2/h9-10,12,14,17-19,21-22,26H,5-8,11,13H2,1-4H3/t14-,17+,18+,19+,21-,22-,23+,24+/m1/s1. The van der Waals surface area contributed by atoms with E-state index in [0.717, 1.165) is 25.7 Å². The highest BCUT2D eigenvalue weighted by Gasteiger charge is 2.65. The van der Waals surface area contributed by atoms with Crippen LogP contribution in [-0.2, 0) is 14.3 Å². The van der Waals surface area contributed by atoms with Gasteiger partial charge in [0.05, 0.1) is 6.10 Å². The first-order chi connectivity index (χ1) is 13.3. The first-order valence-corrected chi connectivity index (χ1v) is 11.1. The van der Waals surface area contributed by atoms with Crippen LogP contribution in [0.1, 0.15) is 66.2 Å². The Bertz CT molecular complexity index is 737. The lowest BCUT2D eigenvalue weighted by atomic mass is 9.46. The van der Waals surface area contributed by atoms with E-state index in [4.69, 9.17) is 4.74 Å². The van der Waals surface area contributed by atoms with Crippen LogP contribution in [0.15, 0.2) is 23.8 Å². The van der Waals surface area contributed by atoms with Gasteiger partial charge in [0.1, 0.15) is 6.10 Å². The number of carbonyl (C=O) groups is 2. The Morgan fingerprint density at radius 1 is 1.36 bits per heavy atom. The number of ether oxygens (including phenoxy) is 1. The summed E-state index contributed by atoms with van der Waals surface area (Å²) >= 11 is 0. The fraction of sp³-hybridized carbons (Fsp3) is 0.750. The van der Waals surface area contributed by atoms with Gasteiger partial charge in [-0.05, 0) is 62.0 Å². The molecule has 8 atom stereocenters. The lowest BCUT2D eigenvalue weighted by Crippen LogP contribution is -2.57. The van der Waals surface area contributed by atoms with E-state index >= 15 is 0 Å². The van der Waals surface area contributed by atoms with E-state index in [0.29, 0.717) is 30.6 Å². The Morgan fingerprint density at radius 3 is 2.79 bits per heavy atom. The molecule has 0 unspecified atom stereocenters. The highest BCUT2D eigenvalue weighted by atomic mass is 16.5. The van der Waals surface area contributed by atoms with Crippen LogP contribution >= 0.6 is 0 Å². The Kier molecular flexibility index (Phi) is 4.85. The summed E-state index contributed by atoms with van der Waals surface area (Å²) in [6, 6.07) is 0. The second-order valence-electron chi connectivity index (χ2n) is 9.86. The van der Waals surface area contributed by atoms with Gasteiger partial charge in [0.15, 0.2) is 5.78 Å². The molecule has 0 saturated heterocycles. The molecule has 3 saturated carbocycles. The Balaban J connectivity index is 1.72. The van der Waals surface area contributed by atoms with Crippen molar-refractivity contribution in [2.75, 3.05) is 0 Å². The molecule has 4 nitrogen and oxygen atoms in total. The molecule has 1 N–H and O–H groups in total. The quantitative estimate of drug-likeness (QED) is 0.738. The van der Waals surface area contributed by atoms with Crippen molar-refractivity contribution in [3.05, 3.63) is 23.8 Å². The summed E-state index contributed by atoms with van der Waals surface area (Å²) in [6.07, 6.45) is 9.99. The number of rotatable bonds is 3. The number of hydrogen-bond acceptors (Lipinski definition) is 4. The molecule has 4 aliphatic carbocycles. The number of aliphatic hydroxyl groups excluding tert-OH is 1. The molecular weight excluding hydrogens is 352 g/mol. The molecule has 0 amide bonds. The first kappa shape index (κ1) is 19.9. The third kappa shape index (κ3) is 2.67. The van der Waals surface area contributed by atoms with Crippen molar-refractivity contribution >= 4 is 11.8 Å². The molecule has 4 rings (SSSR count). The van der Waals surface area contributed by atoms with Crippen molar-refractivity contribution in [2.24, 2.45) is 34.5 Å². The number of ketones is 1. The first-order valence-electron chi connectivity index (χ1n) is 11.1. The molecule has 4 heteroatoms. The molecule has 28 heavy (non-hydrogen) atoms. The summed E-state index contributed by atoms with van der Waals surface area (Å²) < 4.78 is 5.99. The van der Waals surface area contributed by atoms with Gasteiger partial charge in [-0.2, -0.15) is 0 Å². The maximum Gasteiger partial charge on any atom is 0.305 e. The van der Waals surface area contributed by atoms with E-state index in [9.17, 15) is 14.7 Å². The van der Waals surface area contributed by atoms with Crippen LogP contribution in [0.4, 0.5) is 0 Å². The monoisotopic (exact) mass is 386 g/mol. The largest absolute Gasteiger partial charge is 0.461 e. The van der Waals surface area contributed by atoms with E-state index < -0.39 is 6.10 Å². The van der Waals surface area contributed by atoms with Gasteiger partial charge in [-0.15, -0.1) is 0 Å². The van der Waals surface area contributed by atoms with Gasteiger partial charge in [-0.1, -0.05) is 39.3 Å². The smallest absolute Gasteiger partial charge is 0.305 e. The van der Waals surface area contributed by atoms with Crippen LogP contribution in [0.25, 0.3) is 0 Å². The van der Waals surface area contributed by atoms with E-state index in [-0.39, 0.29) is 34.6 Å². The van der Waals surface area contributed by atoms with Gasteiger partial charge in [0, 0.05) is 23.2 Å². The average Bonchev–Trinajstić information content (AvgIpc) is 2.94. The zero-order valence-electron chi connectivity index (χ0n) is 17.6. The predicted molar refractivity (Wildman–Crippen MR) is 107 cm³/mol. The zero-order chi connectivity index (χ0) is 20.3. The molecular formula is C24H34O4. The van der Waals surface area contributed by atoms with Crippen molar-refractivity contribution in [3.63, 3.8) is 0 Å². The Labute approximate surface area is 168 Å².